The molecule has 0 atom stereocenters. The van der Waals surface area contributed by atoms with Crippen molar-refractivity contribution in [3.63, 3.8) is 0 Å². The molecule has 26 heavy (non-hydrogen) atoms. The van der Waals surface area contributed by atoms with Gasteiger partial charge in [0.25, 0.3) is 5.91 Å². The molecule has 0 aromatic heterocycles. The molecule has 0 aliphatic rings. The van der Waals surface area contributed by atoms with Gasteiger partial charge in [-0.05, 0) is 30.3 Å². The maximum absolute atomic E-state index is 12.0. The van der Waals surface area contributed by atoms with E-state index in [-0.39, 0.29) is 41.1 Å². The number of nitrogens with one attached hydrogen (secondary N) is 2. The number of methoxy groups -OCH3 is 1. The molecule has 0 saturated heterocycles. The predicted octanol–water partition coefficient (Wildman–Crippen LogP) is 3.54. The summed E-state index contributed by atoms with van der Waals surface area (Å²) in [5.41, 5.74) is 0.889. The summed E-state index contributed by atoms with van der Waals surface area (Å²) in [4.78, 5) is 35.6. The van der Waals surface area contributed by atoms with E-state index >= 15 is 0 Å². The van der Waals surface area contributed by atoms with Gasteiger partial charge >= 0.3 is 5.97 Å². The molecule has 0 fully saturated rings. The van der Waals surface area contributed by atoms with Crippen LogP contribution in [0.2, 0.25) is 10.0 Å². The van der Waals surface area contributed by atoms with Crippen LogP contribution in [0.15, 0.2) is 42.5 Å². The van der Waals surface area contributed by atoms with Gasteiger partial charge in [0.15, 0.2) is 0 Å². The first-order valence-corrected chi connectivity index (χ1v) is 8.38. The molecule has 136 valence electrons. The minimum Gasteiger partial charge on any atom is -0.465 e. The summed E-state index contributed by atoms with van der Waals surface area (Å²) in [6.45, 7) is 0.115. The quantitative estimate of drug-likeness (QED) is 0.733. The molecule has 0 radical (unpaired) electrons. The van der Waals surface area contributed by atoms with Gasteiger partial charge < -0.3 is 15.4 Å². The van der Waals surface area contributed by atoms with Crippen LogP contribution in [0.5, 0.6) is 0 Å². The van der Waals surface area contributed by atoms with Crippen LogP contribution in [0.3, 0.4) is 0 Å². The zero-order valence-corrected chi connectivity index (χ0v) is 15.4. The highest BCUT2D eigenvalue weighted by atomic mass is 35.5. The number of hydrogen-bond donors (Lipinski definition) is 2. The minimum absolute atomic E-state index is 0.0228. The minimum atomic E-state index is -0.538. The van der Waals surface area contributed by atoms with Gasteiger partial charge in [-0.3, -0.25) is 9.59 Å². The first-order chi connectivity index (χ1) is 12.4. The van der Waals surface area contributed by atoms with Crippen LogP contribution in [0.25, 0.3) is 0 Å². The SMILES string of the molecule is COC(=O)c1ccc(Cl)c(NC(=O)CCNC(=O)c2ccccc2Cl)c1. The average Bonchev–Trinajstić information content (AvgIpc) is 2.63. The molecule has 2 aromatic rings. The third-order valence-electron chi connectivity index (χ3n) is 3.42. The lowest BCUT2D eigenvalue weighted by Gasteiger charge is -2.10. The third kappa shape index (κ3) is 5.21. The van der Waals surface area contributed by atoms with Gasteiger partial charge in [0, 0.05) is 13.0 Å². The van der Waals surface area contributed by atoms with Crippen LogP contribution >= 0.6 is 23.2 Å². The number of anilines is 1. The van der Waals surface area contributed by atoms with E-state index in [2.05, 4.69) is 15.4 Å². The van der Waals surface area contributed by atoms with Crippen molar-refractivity contribution >= 4 is 46.7 Å². The number of rotatable bonds is 6. The predicted molar refractivity (Wildman–Crippen MR) is 99.8 cm³/mol. The van der Waals surface area contributed by atoms with Crippen molar-refractivity contribution in [3.8, 4) is 0 Å². The first kappa shape index (κ1) is 19.8. The Morgan fingerprint density at radius 1 is 1.04 bits per heavy atom. The average molecular weight is 395 g/mol. The van der Waals surface area contributed by atoms with Crippen molar-refractivity contribution in [2.75, 3.05) is 19.0 Å². The summed E-state index contributed by atoms with van der Waals surface area (Å²) in [6.07, 6.45) is 0.0228. The summed E-state index contributed by atoms with van der Waals surface area (Å²) >= 11 is 12.0. The number of esters is 1. The molecular formula is C18H16Cl2N2O4. The second-order valence-corrected chi connectivity index (χ2v) is 6.03. The van der Waals surface area contributed by atoms with Crippen LogP contribution in [-0.4, -0.2) is 31.4 Å². The van der Waals surface area contributed by atoms with Gasteiger partial charge in [-0.2, -0.15) is 0 Å². The molecule has 2 amide bonds. The third-order valence-corrected chi connectivity index (χ3v) is 4.08. The fourth-order valence-electron chi connectivity index (χ4n) is 2.11. The molecule has 0 aliphatic heterocycles. The number of carbonyl (C=O) groups excluding carboxylic acids is 3. The van der Waals surface area contributed by atoms with Crippen LogP contribution in [0.4, 0.5) is 5.69 Å². The number of halogens is 2. The van der Waals surface area contributed by atoms with E-state index in [4.69, 9.17) is 23.2 Å². The van der Waals surface area contributed by atoms with Crippen molar-refractivity contribution in [2.24, 2.45) is 0 Å². The standard InChI is InChI=1S/C18H16Cl2N2O4/c1-26-18(25)11-6-7-14(20)15(10-11)22-16(23)8-9-21-17(24)12-4-2-3-5-13(12)19/h2-7,10H,8-9H2,1H3,(H,21,24)(H,22,23). The maximum Gasteiger partial charge on any atom is 0.337 e. The number of carbonyl (C=O) groups is 3. The van der Waals surface area contributed by atoms with Gasteiger partial charge in [-0.1, -0.05) is 35.3 Å². The zero-order chi connectivity index (χ0) is 19.1. The number of hydrogen-bond acceptors (Lipinski definition) is 4. The van der Waals surface area contributed by atoms with Crippen molar-refractivity contribution < 1.29 is 19.1 Å². The molecule has 2 N–H and O–H groups in total. The molecule has 6 nitrogen and oxygen atoms in total. The van der Waals surface area contributed by atoms with Gasteiger partial charge in [-0.15, -0.1) is 0 Å². The monoisotopic (exact) mass is 394 g/mol. The Labute approximate surface area is 160 Å². The lowest BCUT2D eigenvalue weighted by Crippen LogP contribution is -2.27. The van der Waals surface area contributed by atoms with E-state index in [1.807, 2.05) is 0 Å². The molecule has 2 aromatic carbocycles. The summed E-state index contributed by atoms with van der Waals surface area (Å²) in [7, 11) is 1.26. The molecule has 0 spiro atoms. The van der Waals surface area contributed by atoms with E-state index in [1.54, 1.807) is 24.3 Å². The number of benzene rings is 2. The lowest BCUT2D eigenvalue weighted by molar-refractivity contribution is -0.116. The largest absolute Gasteiger partial charge is 0.465 e. The molecule has 2 rings (SSSR count). The zero-order valence-electron chi connectivity index (χ0n) is 13.8. The fraction of sp³-hybridized carbons (Fsp3) is 0.167. The van der Waals surface area contributed by atoms with Crippen molar-refractivity contribution in [1.82, 2.24) is 5.32 Å². The molecule has 0 unspecified atom stereocenters. The first-order valence-electron chi connectivity index (χ1n) is 7.63. The second kappa shape index (κ2) is 9.22. The van der Waals surface area contributed by atoms with E-state index in [0.29, 0.717) is 10.6 Å². The lowest BCUT2D eigenvalue weighted by atomic mass is 10.2. The van der Waals surface area contributed by atoms with E-state index in [0.717, 1.165) is 0 Å². The molecule has 8 heteroatoms. The summed E-state index contributed by atoms with van der Waals surface area (Å²) < 4.78 is 4.63. The topological polar surface area (TPSA) is 84.5 Å². The summed E-state index contributed by atoms with van der Waals surface area (Å²) in [5, 5.41) is 5.83. The Morgan fingerprint density at radius 3 is 2.46 bits per heavy atom. The highest BCUT2D eigenvalue weighted by Gasteiger charge is 2.13. The van der Waals surface area contributed by atoms with E-state index in [9.17, 15) is 14.4 Å². The number of amides is 2. The Balaban J connectivity index is 1.90. The Bertz CT molecular complexity index is 840. The highest BCUT2D eigenvalue weighted by Crippen LogP contribution is 2.23. The summed E-state index contributed by atoms with van der Waals surface area (Å²) in [6, 6.07) is 11.0. The molecule has 0 heterocycles. The van der Waals surface area contributed by atoms with E-state index < -0.39 is 5.97 Å². The fourth-order valence-corrected chi connectivity index (χ4v) is 2.50. The van der Waals surface area contributed by atoms with Crippen LogP contribution < -0.4 is 10.6 Å². The Kier molecular flexibility index (Phi) is 7.00. The Morgan fingerprint density at radius 2 is 1.77 bits per heavy atom. The molecular weight excluding hydrogens is 379 g/mol. The van der Waals surface area contributed by atoms with Crippen LogP contribution in [0, 0.1) is 0 Å². The molecule has 0 bridgehead atoms. The van der Waals surface area contributed by atoms with Crippen molar-refractivity contribution in [1.29, 1.82) is 0 Å². The second-order valence-electron chi connectivity index (χ2n) is 5.22. The Hall–Kier alpha value is -2.57. The summed E-state index contributed by atoms with van der Waals surface area (Å²) in [5.74, 6) is -1.27. The van der Waals surface area contributed by atoms with Crippen molar-refractivity contribution in [3.05, 3.63) is 63.6 Å². The van der Waals surface area contributed by atoms with Gasteiger partial charge in [-0.25, -0.2) is 4.79 Å². The van der Waals surface area contributed by atoms with Gasteiger partial charge in [0.1, 0.15) is 0 Å². The van der Waals surface area contributed by atoms with Crippen LogP contribution in [-0.2, 0) is 9.53 Å². The van der Waals surface area contributed by atoms with Crippen molar-refractivity contribution in [2.45, 2.75) is 6.42 Å². The normalized spacial score (nSPS) is 10.1. The maximum atomic E-state index is 12.0. The molecule has 0 saturated carbocycles. The molecule has 0 aliphatic carbocycles. The van der Waals surface area contributed by atoms with Gasteiger partial charge in [0.2, 0.25) is 5.91 Å². The van der Waals surface area contributed by atoms with Crippen LogP contribution in [0.1, 0.15) is 27.1 Å². The van der Waals surface area contributed by atoms with E-state index in [1.165, 1.54) is 25.3 Å². The smallest absolute Gasteiger partial charge is 0.337 e. The highest BCUT2D eigenvalue weighted by molar-refractivity contribution is 6.34. The van der Waals surface area contributed by atoms with Gasteiger partial charge in [0.05, 0.1) is 34.0 Å². The number of ether oxygens (including phenoxy) is 1.